The minimum absolute atomic E-state index is 0.0337. The fourth-order valence-electron chi connectivity index (χ4n) is 7.03. The van der Waals surface area contributed by atoms with Crippen LogP contribution in [0, 0.1) is 5.92 Å². The van der Waals surface area contributed by atoms with Crippen molar-refractivity contribution in [2.45, 2.75) is 108 Å². The number of nitrogens with one attached hydrogen (secondary N) is 8. The number of carboxylic acid groups (broad SMARTS) is 2. The zero-order chi connectivity index (χ0) is 53.3. The molecule has 0 saturated heterocycles. The predicted octanol–water partition coefficient (Wildman–Crippen LogP) is -1.75. The van der Waals surface area contributed by atoms with Crippen LogP contribution in [0.4, 0.5) is 0 Å². The largest absolute Gasteiger partial charge is 0.508 e. The van der Waals surface area contributed by atoms with Crippen LogP contribution in [0.15, 0.2) is 84.9 Å². The lowest BCUT2D eigenvalue weighted by Gasteiger charge is -2.27. The number of aliphatic carboxylic acids is 2. The fourth-order valence-corrected chi connectivity index (χ4v) is 7.03. The Morgan fingerprint density at radius 3 is 1.43 bits per heavy atom. The molecule has 7 unspecified atom stereocenters. The number of aromatic hydroxyl groups is 1. The molecule has 3 aromatic rings. The number of carbonyl (C=O) groups excluding carboxylic acids is 8. The van der Waals surface area contributed by atoms with E-state index < -0.39 is 127 Å². The number of phenolic OH excluding ortho intramolecular Hbond substituents is 1. The monoisotopic (exact) mass is 1000 g/mol. The predicted molar refractivity (Wildman–Crippen MR) is 261 cm³/mol. The number of rotatable bonds is 30. The molecule has 0 radical (unpaired) electrons. The van der Waals surface area contributed by atoms with Crippen LogP contribution >= 0.6 is 0 Å². The summed E-state index contributed by atoms with van der Waals surface area (Å²) in [6.45, 7) is 3.64. The average Bonchev–Trinajstić information content (AvgIpc) is 3.33. The molecule has 8 amide bonds. The maximum absolute atomic E-state index is 13.9. The average molecular weight is 1000 g/mol. The molecule has 23 heteroatoms. The standard InChI is InChI=1S/C49H66N10O13/c1-28(2)42(48(70)58-37(23-31-14-8-5-9-15-31)46(68)52-26-39(61)55-35(49(71)72)16-10-11-21-50)59-43(65)29(3)54-47(69)38(24-32-17-19-33(60)20-18-32)56-40(62)27-53-45(67)36(22-30-12-6-4-7-13-30)57-44(66)34(51)25-41(63)64/h4-9,12-15,17-20,28-29,34-38,42,60H,10-11,16,21-27,50-51H2,1-3H3,(H,52,68)(H,53,67)(H,54,69)(H,55,61)(H,56,62)(H,57,66)(H,58,70)(H,59,65)(H,63,64)(H,71,72). The van der Waals surface area contributed by atoms with E-state index in [0.717, 1.165) is 0 Å². The third kappa shape index (κ3) is 21.0. The molecular formula is C49H66N10O13. The van der Waals surface area contributed by atoms with Gasteiger partial charge in [0.25, 0.3) is 0 Å². The van der Waals surface area contributed by atoms with Gasteiger partial charge in [-0.3, -0.25) is 43.2 Å². The van der Waals surface area contributed by atoms with E-state index in [0.29, 0.717) is 36.1 Å². The highest BCUT2D eigenvalue weighted by Gasteiger charge is 2.33. The SMILES string of the molecule is CC(NC(=O)C(Cc1ccc(O)cc1)NC(=O)CNC(=O)C(Cc1ccccc1)NC(=O)C(N)CC(=O)O)C(=O)NC(C(=O)NC(Cc1ccccc1)C(=O)NCC(=O)NC(CCCCN)C(=O)O)C(C)C. The highest BCUT2D eigenvalue weighted by molar-refractivity contribution is 5.97. The van der Waals surface area contributed by atoms with E-state index in [-0.39, 0.29) is 31.4 Å². The second-order valence-corrected chi connectivity index (χ2v) is 17.3. The van der Waals surface area contributed by atoms with E-state index in [9.17, 15) is 58.2 Å². The molecule has 390 valence electrons. The molecule has 0 spiro atoms. The normalized spacial score (nSPS) is 13.8. The van der Waals surface area contributed by atoms with Gasteiger partial charge in [-0.15, -0.1) is 0 Å². The van der Waals surface area contributed by atoms with Crippen molar-refractivity contribution in [3.63, 3.8) is 0 Å². The number of hydrogen-bond acceptors (Lipinski definition) is 13. The van der Waals surface area contributed by atoms with E-state index in [1.165, 1.54) is 31.2 Å². The van der Waals surface area contributed by atoms with Crippen LogP contribution in [-0.4, -0.2) is 136 Å². The number of amides is 8. The van der Waals surface area contributed by atoms with Crippen LogP contribution in [0.2, 0.25) is 0 Å². The summed E-state index contributed by atoms with van der Waals surface area (Å²) in [5, 5.41) is 48.4. The first kappa shape index (κ1) is 58.4. The molecule has 3 rings (SSSR count). The first-order chi connectivity index (χ1) is 34.2. The molecule has 0 heterocycles. The quantitative estimate of drug-likeness (QED) is 0.0330. The summed E-state index contributed by atoms with van der Waals surface area (Å²) < 4.78 is 0. The lowest BCUT2D eigenvalue weighted by Crippen LogP contribution is -2.59. The molecule has 0 aliphatic rings. The molecule has 0 fully saturated rings. The summed E-state index contributed by atoms with van der Waals surface area (Å²) in [6, 6.07) is 13.6. The van der Waals surface area contributed by atoms with Crippen molar-refractivity contribution in [1.82, 2.24) is 42.5 Å². The van der Waals surface area contributed by atoms with Gasteiger partial charge in [-0.2, -0.15) is 0 Å². The molecule has 0 aromatic heterocycles. The van der Waals surface area contributed by atoms with Gasteiger partial charge in [0.2, 0.25) is 47.3 Å². The van der Waals surface area contributed by atoms with Gasteiger partial charge in [-0.05, 0) is 67.5 Å². The van der Waals surface area contributed by atoms with Gasteiger partial charge in [0.05, 0.1) is 25.6 Å². The van der Waals surface area contributed by atoms with Gasteiger partial charge in [0.15, 0.2) is 0 Å². The number of unbranched alkanes of at least 4 members (excludes halogenated alkanes) is 1. The molecule has 3 aromatic carbocycles. The lowest BCUT2D eigenvalue weighted by atomic mass is 10.0. The Bertz CT molecular complexity index is 2320. The van der Waals surface area contributed by atoms with E-state index in [4.69, 9.17) is 16.6 Å². The highest BCUT2D eigenvalue weighted by Crippen LogP contribution is 2.13. The highest BCUT2D eigenvalue weighted by atomic mass is 16.4. The van der Waals surface area contributed by atoms with Crippen LogP contribution < -0.4 is 54.0 Å². The Labute approximate surface area is 416 Å². The Morgan fingerprint density at radius 1 is 0.514 bits per heavy atom. The summed E-state index contributed by atoms with van der Waals surface area (Å²) in [5.74, 6) is -9.85. The first-order valence-corrected chi connectivity index (χ1v) is 23.3. The third-order valence-corrected chi connectivity index (χ3v) is 11.0. The number of carbonyl (C=O) groups is 10. The van der Waals surface area contributed by atoms with Crippen LogP contribution in [0.25, 0.3) is 0 Å². The van der Waals surface area contributed by atoms with Gasteiger partial charge >= 0.3 is 11.9 Å². The Kier molecular flexibility index (Phi) is 24.3. The number of carboxylic acids is 2. The number of hydrogen-bond donors (Lipinski definition) is 13. The zero-order valence-electron chi connectivity index (χ0n) is 40.4. The fraction of sp³-hybridized carbons (Fsp3) is 0.429. The third-order valence-electron chi connectivity index (χ3n) is 11.0. The molecule has 7 atom stereocenters. The van der Waals surface area contributed by atoms with Gasteiger partial charge in [-0.1, -0.05) is 86.6 Å². The number of benzene rings is 3. The maximum Gasteiger partial charge on any atom is 0.326 e. The van der Waals surface area contributed by atoms with Crippen molar-refractivity contribution in [3.05, 3.63) is 102 Å². The Balaban J connectivity index is 1.72. The molecule has 0 saturated carbocycles. The second kappa shape index (κ2) is 30.0. The summed E-state index contributed by atoms with van der Waals surface area (Å²) in [4.78, 5) is 130. The Hall–Kier alpha value is -7.92. The summed E-state index contributed by atoms with van der Waals surface area (Å²) >= 11 is 0. The van der Waals surface area contributed by atoms with Crippen molar-refractivity contribution in [3.8, 4) is 5.75 Å². The second-order valence-electron chi connectivity index (χ2n) is 17.3. The smallest absolute Gasteiger partial charge is 0.326 e. The minimum atomic E-state index is -1.47. The molecule has 72 heavy (non-hydrogen) atoms. The van der Waals surface area contributed by atoms with Crippen LogP contribution in [-0.2, 0) is 67.2 Å². The minimum Gasteiger partial charge on any atom is -0.508 e. The van der Waals surface area contributed by atoms with Gasteiger partial charge < -0.3 is 69.3 Å². The summed E-state index contributed by atoms with van der Waals surface area (Å²) in [6.07, 6.45) is 0.178. The van der Waals surface area contributed by atoms with Crippen molar-refractivity contribution in [2.75, 3.05) is 19.6 Å². The molecule has 0 bridgehead atoms. The van der Waals surface area contributed by atoms with E-state index in [1.54, 1.807) is 74.5 Å². The van der Waals surface area contributed by atoms with Crippen LogP contribution in [0.5, 0.6) is 5.75 Å². The van der Waals surface area contributed by atoms with E-state index in [1.807, 2.05) is 0 Å². The molecule has 0 aliphatic heterocycles. The topological polar surface area (TPSA) is 380 Å². The molecular weight excluding hydrogens is 937 g/mol. The number of nitrogens with two attached hydrogens (primary N) is 2. The van der Waals surface area contributed by atoms with Crippen LogP contribution in [0.3, 0.4) is 0 Å². The van der Waals surface area contributed by atoms with Gasteiger partial charge in [0.1, 0.15) is 42.0 Å². The Morgan fingerprint density at radius 2 is 0.972 bits per heavy atom. The van der Waals surface area contributed by atoms with Crippen LogP contribution in [0.1, 0.15) is 63.1 Å². The number of phenols is 1. The van der Waals surface area contributed by atoms with Crippen molar-refractivity contribution in [1.29, 1.82) is 0 Å². The molecule has 0 aliphatic carbocycles. The summed E-state index contributed by atoms with van der Waals surface area (Å²) in [7, 11) is 0. The van der Waals surface area contributed by atoms with Crippen molar-refractivity contribution >= 4 is 59.2 Å². The first-order valence-electron chi connectivity index (χ1n) is 23.3. The molecule has 15 N–H and O–H groups in total. The summed E-state index contributed by atoms with van der Waals surface area (Å²) in [5.41, 5.74) is 12.9. The lowest BCUT2D eigenvalue weighted by molar-refractivity contribution is -0.142. The maximum atomic E-state index is 13.9. The van der Waals surface area contributed by atoms with Crippen molar-refractivity contribution in [2.24, 2.45) is 17.4 Å². The van der Waals surface area contributed by atoms with E-state index >= 15 is 0 Å². The van der Waals surface area contributed by atoms with Gasteiger partial charge in [0, 0.05) is 19.3 Å². The zero-order valence-corrected chi connectivity index (χ0v) is 40.4. The molecule has 23 nitrogen and oxygen atoms in total. The van der Waals surface area contributed by atoms with E-state index in [2.05, 4.69) is 42.5 Å². The van der Waals surface area contributed by atoms with Crippen molar-refractivity contribution < 1.29 is 63.3 Å². The van der Waals surface area contributed by atoms with Gasteiger partial charge in [-0.25, -0.2) is 4.79 Å².